The summed E-state index contributed by atoms with van der Waals surface area (Å²) in [5, 5.41) is 0. The third kappa shape index (κ3) is 3.20. The van der Waals surface area contributed by atoms with Crippen LogP contribution in [0.2, 0.25) is 0 Å². The summed E-state index contributed by atoms with van der Waals surface area (Å²) in [5.74, 6) is 3.98. The van der Waals surface area contributed by atoms with Crippen molar-refractivity contribution in [3.63, 3.8) is 0 Å². The molecule has 0 fully saturated rings. The fourth-order valence-electron chi connectivity index (χ4n) is 1.45. The highest BCUT2D eigenvalue weighted by Crippen LogP contribution is 2.28. The zero-order chi connectivity index (χ0) is 10.6. The Morgan fingerprint density at radius 2 is 2.07 bits per heavy atom. The van der Waals surface area contributed by atoms with Gasteiger partial charge >= 0.3 is 0 Å². The van der Waals surface area contributed by atoms with Crippen molar-refractivity contribution in [2.75, 3.05) is 0 Å². The van der Waals surface area contributed by atoms with Crippen LogP contribution in [-0.4, -0.2) is 0 Å². The predicted octanol–water partition coefficient (Wildman–Crippen LogP) is 4.07. The van der Waals surface area contributed by atoms with Crippen molar-refractivity contribution >= 4 is 11.3 Å². The summed E-state index contributed by atoms with van der Waals surface area (Å²) < 4.78 is 0. The molecule has 0 radical (unpaired) electrons. The minimum absolute atomic E-state index is 0.519. The first-order valence-electron chi connectivity index (χ1n) is 5.15. The largest absolute Gasteiger partial charge is 0.145 e. The van der Waals surface area contributed by atoms with Crippen molar-refractivity contribution in [3.8, 4) is 12.3 Å². The van der Waals surface area contributed by atoms with Gasteiger partial charge in [0.25, 0.3) is 0 Å². The van der Waals surface area contributed by atoms with Crippen molar-refractivity contribution in [1.82, 2.24) is 0 Å². The van der Waals surface area contributed by atoms with Crippen LogP contribution in [0.25, 0.3) is 0 Å². The van der Waals surface area contributed by atoms with E-state index in [4.69, 9.17) is 6.42 Å². The highest BCUT2D eigenvalue weighted by Gasteiger charge is 2.08. The molecule has 1 rings (SSSR count). The van der Waals surface area contributed by atoms with E-state index in [1.165, 1.54) is 16.2 Å². The van der Waals surface area contributed by atoms with Gasteiger partial charge in [-0.2, -0.15) is 0 Å². The molecular formula is C13H18S. The maximum absolute atomic E-state index is 5.31. The summed E-state index contributed by atoms with van der Waals surface area (Å²) in [6.07, 6.45) is 7.35. The van der Waals surface area contributed by atoms with Crippen molar-refractivity contribution < 1.29 is 0 Å². The second-order valence-electron chi connectivity index (χ2n) is 4.21. The highest BCUT2D eigenvalue weighted by molar-refractivity contribution is 7.12. The fourth-order valence-corrected chi connectivity index (χ4v) is 2.72. The van der Waals surface area contributed by atoms with Crippen molar-refractivity contribution in [3.05, 3.63) is 21.9 Å². The molecular weight excluding hydrogens is 188 g/mol. The topological polar surface area (TPSA) is 0 Å². The Hall–Kier alpha value is -0.740. The summed E-state index contributed by atoms with van der Waals surface area (Å²) in [6.45, 7) is 6.71. The van der Waals surface area contributed by atoms with Crippen molar-refractivity contribution in [1.29, 1.82) is 0 Å². The second kappa shape index (κ2) is 5.22. The molecule has 0 nitrogen and oxygen atoms in total. The van der Waals surface area contributed by atoms with E-state index < -0.39 is 0 Å². The molecule has 1 aromatic rings. The molecule has 1 heteroatoms. The van der Waals surface area contributed by atoms with Crippen LogP contribution in [0.5, 0.6) is 0 Å². The Labute approximate surface area is 91.4 Å². The maximum Gasteiger partial charge on any atom is 0.0160 e. The minimum Gasteiger partial charge on any atom is -0.145 e. The van der Waals surface area contributed by atoms with Gasteiger partial charge in [0, 0.05) is 22.1 Å². The van der Waals surface area contributed by atoms with E-state index in [0.717, 1.165) is 12.3 Å². The first-order chi connectivity index (χ1) is 6.63. The number of hydrogen-bond donors (Lipinski definition) is 0. The van der Waals surface area contributed by atoms with Gasteiger partial charge in [-0.1, -0.05) is 20.8 Å². The lowest BCUT2D eigenvalue weighted by Gasteiger charge is -2.03. The molecule has 1 atom stereocenters. The third-order valence-corrected chi connectivity index (χ3v) is 3.54. The Balaban J connectivity index is 2.64. The molecule has 0 bridgehead atoms. The van der Waals surface area contributed by atoms with Gasteiger partial charge in [0.15, 0.2) is 0 Å². The molecule has 0 saturated carbocycles. The van der Waals surface area contributed by atoms with Gasteiger partial charge in [-0.15, -0.1) is 23.7 Å². The summed E-state index contributed by atoms with van der Waals surface area (Å²) in [5.41, 5.74) is 0. The summed E-state index contributed by atoms with van der Waals surface area (Å²) in [4.78, 5) is 2.91. The predicted molar refractivity (Wildman–Crippen MR) is 64.7 cm³/mol. The summed E-state index contributed by atoms with van der Waals surface area (Å²) in [7, 11) is 0. The molecule has 1 heterocycles. The lowest BCUT2D eigenvalue weighted by atomic mass is 10.1. The third-order valence-electron chi connectivity index (χ3n) is 2.20. The molecule has 0 aliphatic heterocycles. The standard InChI is InChI=1S/C13H18S/c1-5-6-11(4)13-8-7-12(14-13)9-10(2)3/h1,7-8,10-11H,6,9H2,2-4H3. The van der Waals surface area contributed by atoms with Gasteiger partial charge in [-0.25, -0.2) is 0 Å². The summed E-state index contributed by atoms with van der Waals surface area (Å²) >= 11 is 1.91. The quantitative estimate of drug-likeness (QED) is 0.651. The molecule has 0 aliphatic rings. The lowest BCUT2D eigenvalue weighted by Crippen LogP contribution is -1.90. The van der Waals surface area contributed by atoms with Crippen LogP contribution in [0.15, 0.2) is 12.1 Å². The van der Waals surface area contributed by atoms with Crippen molar-refractivity contribution in [2.24, 2.45) is 5.92 Å². The van der Waals surface area contributed by atoms with Crippen molar-refractivity contribution in [2.45, 2.75) is 39.5 Å². The Kier molecular flexibility index (Phi) is 4.22. The van der Waals surface area contributed by atoms with E-state index in [0.29, 0.717) is 5.92 Å². The molecule has 76 valence electrons. The molecule has 14 heavy (non-hydrogen) atoms. The van der Waals surface area contributed by atoms with Crippen LogP contribution in [0, 0.1) is 18.3 Å². The zero-order valence-corrected chi connectivity index (χ0v) is 10.0. The molecule has 0 aromatic carbocycles. The van der Waals surface area contributed by atoms with Gasteiger partial charge in [-0.3, -0.25) is 0 Å². The van der Waals surface area contributed by atoms with Gasteiger partial charge < -0.3 is 0 Å². The molecule has 0 saturated heterocycles. The van der Waals surface area contributed by atoms with Crippen LogP contribution in [0.4, 0.5) is 0 Å². The van der Waals surface area contributed by atoms with Gasteiger partial charge in [0.2, 0.25) is 0 Å². The van der Waals surface area contributed by atoms with Crippen LogP contribution in [0.3, 0.4) is 0 Å². The van der Waals surface area contributed by atoms with E-state index in [1.807, 2.05) is 11.3 Å². The average Bonchev–Trinajstić information content (AvgIpc) is 2.52. The van der Waals surface area contributed by atoms with E-state index in [1.54, 1.807) is 0 Å². The Morgan fingerprint density at radius 3 is 2.64 bits per heavy atom. The first-order valence-corrected chi connectivity index (χ1v) is 5.97. The van der Waals surface area contributed by atoms with E-state index >= 15 is 0 Å². The first kappa shape index (κ1) is 11.3. The maximum atomic E-state index is 5.31. The lowest BCUT2D eigenvalue weighted by molar-refractivity contribution is 0.654. The molecule has 0 aliphatic carbocycles. The molecule has 0 amide bonds. The van der Waals surface area contributed by atoms with Gasteiger partial charge in [0.1, 0.15) is 0 Å². The smallest absolute Gasteiger partial charge is 0.0160 e. The van der Waals surface area contributed by atoms with E-state index in [2.05, 4.69) is 38.8 Å². The molecule has 1 aromatic heterocycles. The van der Waals surface area contributed by atoms with Crippen LogP contribution in [-0.2, 0) is 6.42 Å². The molecule has 1 unspecified atom stereocenters. The highest BCUT2D eigenvalue weighted by atomic mass is 32.1. The second-order valence-corrected chi connectivity index (χ2v) is 5.41. The SMILES string of the molecule is C#CCC(C)c1ccc(CC(C)C)s1. The number of thiophene rings is 1. The normalized spacial score (nSPS) is 12.8. The fraction of sp³-hybridized carbons (Fsp3) is 0.538. The van der Waals surface area contributed by atoms with Crippen LogP contribution < -0.4 is 0 Å². The summed E-state index contributed by atoms with van der Waals surface area (Å²) in [6, 6.07) is 4.47. The molecule has 0 spiro atoms. The van der Waals surface area contributed by atoms with E-state index in [-0.39, 0.29) is 0 Å². The van der Waals surface area contributed by atoms with Crippen LogP contribution in [0.1, 0.15) is 42.9 Å². The number of terminal acetylenes is 1. The Bertz CT molecular complexity index is 314. The van der Waals surface area contributed by atoms with E-state index in [9.17, 15) is 0 Å². The number of rotatable bonds is 4. The monoisotopic (exact) mass is 206 g/mol. The Morgan fingerprint density at radius 1 is 1.36 bits per heavy atom. The van der Waals surface area contributed by atoms with Crippen LogP contribution >= 0.6 is 11.3 Å². The average molecular weight is 206 g/mol. The molecule has 0 N–H and O–H groups in total. The zero-order valence-electron chi connectivity index (χ0n) is 9.21. The minimum atomic E-state index is 0.519. The van der Waals surface area contributed by atoms with Gasteiger partial charge in [0.05, 0.1) is 0 Å². The number of hydrogen-bond acceptors (Lipinski definition) is 1. The van der Waals surface area contributed by atoms with Gasteiger partial charge in [-0.05, 0) is 24.5 Å².